The number of hydrogen-bond donors (Lipinski definition) is 1. The third kappa shape index (κ3) is 5.19. The molecule has 4 rings (SSSR count). The first-order valence-electron chi connectivity index (χ1n) is 12.6. The molecule has 2 aromatic rings. The molecule has 8 heteroatoms. The highest BCUT2D eigenvalue weighted by Crippen LogP contribution is 2.43. The molecule has 0 radical (unpaired) electrons. The Bertz CT molecular complexity index is 1150. The van der Waals surface area contributed by atoms with Gasteiger partial charge in [0.2, 0.25) is 10.0 Å². The lowest BCUT2D eigenvalue weighted by molar-refractivity contribution is 0.0227. The standard InChI is InChI=1S/C27H36N2O5S/c1-4-27(5-2)19-23(21-12-8-9-13-25(21)34-27)28-26(30)22-18-20(14-15-24(22)33-3)35(31,32)29-16-10-6-7-11-17-29/h8-9,12-15,18,23H,4-7,10-11,16-17,19H2,1-3H3,(H,28,30)/t23-/m0/s1. The van der Waals surface area contributed by atoms with Crippen molar-refractivity contribution < 1.29 is 22.7 Å². The maximum Gasteiger partial charge on any atom is 0.255 e. The predicted octanol–water partition coefficient (Wildman–Crippen LogP) is 5.07. The zero-order chi connectivity index (χ0) is 25.1. The number of benzene rings is 2. The molecule has 1 fully saturated rings. The molecule has 0 bridgehead atoms. The molecule has 1 N–H and O–H groups in total. The minimum absolute atomic E-state index is 0.120. The van der Waals surface area contributed by atoms with Crippen LogP contribution in [-0.4, -0.2) is 44.4 Å². The molecular formula is C27H36N2O5S. The number of fused-ring (bicyclic) bond motifs is 1. The Balaban J connectivity index is 1.65. The third-order valence-corrected chi connectivity index (χ3v) is 9.30. The van der Waals surface area contributed by atoms with E-state index in [0.29, 0.717) is 25.3 Å². The molecule has 7 nitrogen and oxygen atoms in total. The number of carbonyl (C=O) groups is 1. The summed E-state index contributed by atoms with van der Waals surface area (Å²) in [6, 6.07) is 12.0. The number of nitrogens with one attached hydrogen (secondary N) is 1. The Morgan fingerprint density at radius 2 is 1.77 bits per heavy atom. The summed E-state index contributed by atoms with van der Waals surface area (Å²) in [5.41, 5.74) is 0.769. The Morgan fingerprint density at radius 1 is 1.09 bits per heavy atom. The summed E-state index contributed by atoms with van der Waals surface area (Å²) in [6.07, 6.45) is 6.04. The molecule has 0 saturated carbocycles. The largest absolute Gasteiger partial charge is 0.496 e. The summed E-state index contributed by atoms with van der Waals surface area (Å²) in [4.78, 5) is 13.7. The van der Waals surface area contributed by atoms with Crippen molar-refractivity contribution >= 4 is 15.9 Å². The molecule has 0 aliphatic carbocycles. The van der Waals surface area contributed by atoms with E-state index in [9.17, 15) is 13.2 Å². The van der Waals surface area contributed by atoms with Crippen LogP contribution < -0.4 is 14.8 Å². The van der Waals surface area contributed by atoms with Crippen LogP contribution in [-0.2, 0) is 10.0 Å². The van der Waals surface area contributed by atoms with Crippen molar-refractivity contribution in [1.29, 1.82) is 0 Å². The van der Waals surface area contributed by atoms with Crippen molar-refractivity contribution in [3.63, 3.8) is 0 Å². The molecule has 0 aromatic heterocycles. The van der Waals surface area contributed by atoms with Gasteiger partial charge in [-0.15, -0.1) is 0 Å². The lowest BCUT2D eigenvalue weighted by atomic mass is 9.83. The molecule has 2 aromatic carbocycles. The van der Waals surface area contributed by atoms with E-state index in [0.717, 1.165) is 49.8 Å². The smallest absolute Gasteiger partial charge is 0.255 e. The van der Waals surface area contributed by atoms with E-state index in [4.69, 9.17) is 9.47 Å². The van der Waals surface area contributed by atoms with Gasteiger partial charge in [0, 0.05) is 25.1 Å². The second-order valence-electron chi connectivity index (χ2n) is 9.44. The summed E-state index contributed by atoms with van der Waals surface area (Å²) < 4.78 is 40.1. The summed E-state index contributed by atoms with van der Waals surface area (Å²) in [7, 11) is -2.21. The number of amides is 1. The Kier molecular flexibility index (Phi) is 7.71. The monoisotopic (exact) mass is 500 g/mol. The van der Waals surface area contributed by atoms with E-state index in [1.165, 1.54) is 23.5 Å². The third-order valence-electron chi connectivity index (χ3n) is 7.41. The summed E-state index contributed by atoms with van der Waals surface area (Å²) >= 11 is 0. The van der Waals surface area contributed by atoms with Crippen LogP contribution in [0.25, 0.3) is 0 Å². The van der Waals surface area contributed by atoms with E-state index < -0.39 is 10.0 Å². The van der Waals surface area contributed by atoms with E-state index in [-0.39, 0.29) is 28.0 Å². The first kappa shape index (κ1) is 25.5. The SMILES string of the molecule is CCC1(CC)C[C@H](NC(=O)c2cc(S(=O)(=O)N3CCCCCC3)ccc2OC)c2ccccc2O1. The highest BCUT2D eigenvalue weighted by Gasteiger charge is 2.39. The van der Waals surface area contributed by atoms with Crippen molar-refractivity contribution in [3.8, 4) is 11.5 Å². The minimum atomic E-state index is -3.70. The van der Waals surface area contributed by atoms with Gasteiger partial charge in [-0.2, -0.15) is 4.31 Å². The fraction of sp³-hybridized carbons (Fsp3) is 0.519. The average Bonchev–Trinajstić information content (AvgIpc) is 3.18. The summed E-state index contributed by atoms with van der Waals surface area (Å²) in [6.45, 7) is 5.20. The average molecular weight is 501 g/mol. The molecule has 2 heterocycles. The van der Waals surface area contributed by atoms with Crippen LogP contribution in [0.4, 0.5) is 0 Å². The highest BCUT2D eigenvalue weighted by molar-refractivity contribution is 7.89. The van der Waals surface area contributed by atoms with Gasteiger partial charge >= 0.3 is 0 Å². The summed E-state index contributed by atoms with van der Waals surface area (Å²) in [5.74, 6) is 0.754. The summed E-state index contributed by atoms with van der Waals surface area (Å²) in [5, 5.41) is 3.15. The second kappa shape index (κ2) is 10.6. The van der Waals surface area contributed by atoms with Crippen molar-refractivity contribution in [1.82, 2.24) is 9.62 Å². The number of ether oxygens (including phenoxy) is 2. The van der Waals surface area contributed by atoms with Crippen molar-refractivity contribution in [2.24, 2.45) is 0 Å². The molecule has 1 atom stereocenters. The van der Waals surface area contributed by atoms with Gasteiger partial charge in [-0.05, 0) is 49.9 Å². The van der Waals surface area contributed by atoms with Crippen LogP contribution in [0, 0.1) is 0 Å². The molecule has 1 amide bonds. The number of para-hydroxylation sites is 1. The van der Waals surface area contributed by atoms with E-state index in [1.54, 1.807) is 6.07 Å². The molecule has 2 aliphatic rings. The zero-order valence-corrected chi connectivity index (χ0v) is 21.7. The fourth-order valence-electron chi connectivity index (χ4n) is 5.12. The Labute approximate surface area is 208 Å². The Hall–Kier alpha value is -2.58. The van der Waals surface area contributed by atoms with Crippen LogP contribution in [0.2, 0.25) is 0 Å². The van der Waals surface area contributed by atoms with Crippen LogP contribution >= 0.6 is 0 Å². The fourth-order valence-corrected chi connectivity index (χ4v) is 6.67. The van der Waals surface area contributed by atoms with Crippen LogP contribution in [0.15, 0.2) is 47.4 Å². The van der Waals surface area contributed by atoms with Gasteiger partial charge < -0.3 is 14.8 Å². The normalized spacial score (nSPS) is 20.3. The highest BCUT2D eigenvalue weighted by atomic mass is 32.2. The molecule has 190 valence electrons. The van der Waals surface area contributed by atoms with Crippen LogP contribution in [0.5, 0.6) is 11.5 Å². The van der Waals surface area contributed by atoms with Gasteiger partial charge in [-0.3, -0.25) is 4.79 Å². The molecule has 1 saturated heterocycles. The quantitative estimate of drug-likeness (QED) is 0.574. The lowest BCUT2D eigenvalue weighted by Gasteiger charge is -2.41. The predicted molar refractivity (Wildman–Crippen MR) is 135 cm³/mol. The minimum Gasteiger partial charge on any atom is -0.496 e. The molecule has 35 heavy (non-hydrogen) atoms. The number of nitrogens with zero attached hydrogens (tertiary/aromatic N) is 1. The zero-order valence-electron chi connectivity index (χ0n) is 20.9. The van der Waals surface area contributed by atoms with E-state index >= 15 is 0 Å². The van der Waals surface area contributed by atoms with Gasteiger partial charge in [0.1, 0.15) is 17.1 Å². The molecule has 0 spiro atoms. The van der Waals surface area contributed by atoms with Gasteiger partial charge in [0.05, 0.1) is 23.6 Å². The maximum atomic E-state index is 13.6. The van der Waals surface area contributed by atoms with Gasteiger partial charge in [-0.25, -0.2) is 8.42 Å². The number of methoxy groups -OCH3 is 1. The molecule has 0 unspecified atom stereocenters. The number of rotatable bonds is 7. The van der Waals surface area contributed by atoms with Crippen molar-refractivity contribution in [2.75, 3.05) is 20.2 Å². The second-order valence-corrected chi connectivity index (χ2v) is 11.4. The van der Waals surface area contributed by atoms with Crippen LogP contribution in [0.1, 0.15) is 80.8 Å². The van der Waals surface area contributed by atoms with Crippen molar-refractivity contribution in [3.05, 3.63) is 53.6 Å². The maximum absolute atomic E-state index is 13.6. The number of sulfonamides is 1. The van der Waals surface area contributed by atoms with Gasteiger partial charge in [0.25, 0.3) is 5.91 Å². The molecule has 2 aliphatic heterocycles. The number of carbonyl (C=O) groups excluding carboxylic acids is 1. The van der Waals surface area contributed by atoms with Gasteiger partial charge in [0.15, 0.2) is 0 Å². The van der Waals surface area contributed by atoms with Gasteiger partial charge in [-0.1, -0.05) is 44.9 Å². The first-order valence-corrected chi connectivity index (χ1v) is 14.0. The van der Waals surface area contributed by atoms with Crippen molar-refractivity contribution in [2.45, 2.75) is 75.3 Å². The molecular weight excluding hydrogens is 464 g/mol. The van der Waals surface area contributed by atoms with E-state index in [1.807, 2.05) is 24.3 Å². The Morgan fingerprint density at radius 3 is 2.43 bits per heavy atom. The van der Waals surface area contributed by atoms with Crippen LogP contribution in [0.3, 0.4) is 0 Å². The lowest BCUT2D eigenvalue weighted by Crippen LogP contribution is -2.44. The van der Waals surface area contributed by atoms with E-state index in [2.05, 4.69) is 19.2 Å². The topological polar surface area (TPSA) is 84.9 Å². The number of hydrogen-bond acceptors (Lipinski definition) is 5. The first-order chi connectivity index (χ1) is 16.8.